The third kappa shape index (κ3) is 11.7. The largest absolute Gasteiger partial charge is 2.00 e. The summed E-state index contributed by atoms with van der Waals surface area (Å²) in [5, 5.41) is 0. The van der Waals surface area contributed by atoms with Gasteiger partial charge in [-0.1, -0.05) is 0 Å². The van der Waals surface area contributed by atoms with Crippen molar-refractivity contribution in [2.24, 2.45) is 0 Å². The predicted octanol–water partition coefficient (Wildman–Crippen LogP) is -0.621. The van der Waals surface area contributed by atoms with Gasteiger partial charge in [0.2, 0.25) is 0 Å². The summed E-state index contributed by atoms with van der Waals surface area (Å²) in [4.78, 5) is 0. The molecule has 0 aliphatic carbocycles. The predicted molar refractivity (Wildman–Crippen MR) is 14.5 cm³/mol. The quantitative estimate of drug-likeness (QED) is 0.354. The molecule has 0 unspecified atom stereocenters. The second-order valence-corrected chi connectivity index (χ2v) is 0. The maximum atomic E-state index is 0. The van der Waals surface area contributed by atoms with Crippen molar-refractivity contribution in [3.05, 3.63) is 0 Å². The van der Waals surface area contributed by atoms with Crippen LogP contribution >= 0.6 is 0 Å². The molecule has 0 rings (SSSR count). The Kier molecular flexibility index (Phi) is 662. The molecule has 4 radical (unpaired) electrons. The van der Waals surface area contributed by atoms with Gasteiger partial charge in [0.25, 0.3) is 0 Å². The van der Waals surface area contributed by atoms with E-state index in [0.717, 1.165) is 0 Å². The van der Waals surface area contributed by atoms with Gasteiger partial charge in [-0.2, -0.15) is 0 Å². The van der Waals surface area contributed by atoms with E-state index < -0.39 is 0 Å². The first-order chi connectivity index (χ1) is 0. The molecular weight excluding hydrogens is 88.4 g/mol. The van der Waals surface area contributed by atoms with Crippen molar-refractivity contribution in [2.75, 3.05) is 0 Å². The molecular formula is MgO2S. The van der Waals surface area contributed by atoms with Gasteiger partial charge in [0.15, 0.2) is 0 Å². The zero-order valence-electron chi connectivity index (χ0n) is 1.93. The molecule has 0 aromatic carbocycles. The molecule has 0 atom stereocenters. The van der Waals surface area contributed by atoms with E-state index in [2.05, 4.69) is 0 Å². The van der Waals surface area contributed by atoms with Gasteiger partial charge < -0.3 is 11.0 Å². The van der Waals surface area contributed by atoms with Crippen LogP contribution in [0.3, 0.4) is 0 Å². The minimum Gasteiger partial charge on any atom is -2.00 e. The summed E-state index contributed by atoms with van der Waals surface area (Å²) in [5.41, 5.74) is 0. The summed E-state index contributed by atoms with van der Waals surface area (Å²) in [6.45, 7) is 0. The van der Waals surface area contributed by atoms with E-state index in [0.29, 0.717) is 0 Å². The van der Waals surface area contributed by atoms with Gasteiger partial charge in [-0.3, -0.25) is 0 Å². The Balaban J connectivity index is 0. The molecule has 2 nitrogen and oxygen atoms in total. The normalized spacial score (nSPS) is 0. The third-order valence-corrected chi connectivity index (χ3v) is 0. The molecule has 0 aromatic rings. The average molecular weight is 88.4 g/mol. The Morgan fingerprint density at radius 1 is 0.750 bits per heavy atom. The smallest absolute Gasteiger partial charge is 2.00 e. The number of hydrogen-bond donors (Lipinski definition) is 0. The summed E-state index contributed by atoms with van der Waals surface area (Å²) in [7, 11) is 0. The van der Waals surface area contributed by atoms with Gasteiger partial charge in [-0.15, -0.1) is 0 Å². The van der Waals surface area contributed by atoms with Crippen LogP contribution in [0.15, 0.2) is 0 Å². The van der Waals surface area contributed by atoms with E-state index in [9.17, 15) is 0 Å². The Morgan fingerprint density at radius 3 is 0.750 bits per heavy atom. The standard InChI is InChI=1S/Mg.2O.S/q+2;2*-2;+2. The minimum absolute atomic E-state index is 0. The van der Waals surface area contributed by atoms with E-state index in [-0.39, 0.29) is 47.5 Å². The van der Waals surface area contributed by atoms with Crippen LogP contribution in [0, 0.1) is 0 Å². The number of rotatable bonds is 0. The molecule has 0 N–H and O–H groups in total. The van der Waals surface area contributed by atoms with E-state index in [1.54, 1.807) is 0 Å². The Hall–Kier alpha value is 1.04. The number of hydrogen-bond acceptors (Lipinski definition) is 0. The van der Waals surface area contributed by atoms with Gasteiger partial charge >= 0.3 is 36.5 Å². The minimum atomic E-state index is 0. The molecule has 0 saturated carbocycles. The van der Waals surface area contributed by atoms with Crippen molar-refractivity contribution in [1.82, 2.24) is 0 Å². The van der Waals surface area contributed by atoms with Gasteiger partial charge in [-0.25, -0.2) is 0 Å². The van der Waals surface area contributed by atoms with Crippen molar-refractivity contribution in [2.45, 2.75) is 0 Å². The van der Waals surface area contributed by atoms with E-state index >= 15 is 0 Å². The van der Waals surface area contributed by atoms with Crippen LogP contribution < -0.4 is 0 Å². The fraction of sp³-hybridized carbons (Fsp3) is 0. The van der Waals surface area contributed by atoms with E-state index in [4.69, 9.17) is 0 Å². The Bertz CT molecular complexity index is 6.00. The molecule has 0 heterocycles. The molecule has 0 bridgehead atoms. The maximum absolute atomic E-state index is 0. The zero-order chi connectivity index (χ0) is 0. The Labute approximate surface area is 47.8 Å². The molecule has 0 aromatic heterocycles. The second kappa shape index (κ2) is 34.7. The molecule has 0 aliphatic rings. The monoisotopic (exact) mass is 87.9 g/mol. The third-order valence-electron chi connectivity index (χ3n) is 0. The topological polar surface area (TPSA) is 57.0 Å². The van der Waals surface area contributed by atoms with Gasteiger partial charge in [0.05, 0.1) is 0 Å². The molecule has 0 aliphatic heterocycles. The first-order valence-corrected chi connectivity index (χ1v) is 0. The van der Waals surface area contributed by atoms with Gasteiger partial charge in [0, 0.05) is 0 Å². The van der Waals surface area contributed by atoms with Crippen LogP contribution in [-0.2, 0) is 24.4 Å². The molecule has 0 saturated heterocycles. The van der Waals surface area contributed by atoms with Crippen molar-refractivity contribution < 1.29 is 11.0 Å². The zero-order valence-corrected chi connectivity index (χ0v) is 4.16. The summed E-state index contributed by atoms with van der Waals surface area (Å²) in [6, 6.07) is 0. The summed E-state index contributed by atoms with van der Waals surface area (Å²) in [5.74, 6) is 0. The molecule has 0 amide bonds. The average Bonchev–Trinajstić information content (AvgIpc) is 0. The van der Waals surface area contributed by atoms with E-state index in [1.807, 2.05) is 0 Å². The molecule has 4 heteroatoms. The van der Waals surface area contributed by atoms with E-state index in [1.165, 1.54) is 0 Å². The van der Waals surface area contributed by atoms with Crippen molar-refractivity contribution in [3.63, 3.8) is 0 Å². The molecule has 0 spiro atoms. The van der Waals surface area contributed by atoms with Gasteiger partial charge in [0.1, 0.15) is 0 Å². The molecule has 0 fully saturated rings. The van der Waals surface area contributed by atoms with Gasteiger partial charge in [-0.05, 0) is 0 Å². The first-order valence-electron chi connectivity index (χ1n) is 0. The fourth-order valence-electron chi connectivity index (χ4n) is 0. The molecule has 4 heavy (non-hydrogen) atoms. The van der Waals surface area contributed by atoms with Crippen LogP contribution in [0.1, 0.15) is 0 Å². The van der Waals surface area contributed by atoms with Crippen LogP contribution in [0.4, 0.5) is 0 Å². The van der Waals surface area contributed by atoms with Crippen LogP contribution in [0.2, 0.25) is 0 Å². The Morgan fingerprint density at radius 2 is 0.750 bits per heavy atom. The summed E-state index contributed by atoms with van der Waals surface area (Å²) < 4.78 is 0. The molecule has 20 valence electrons. The second-order valence-electron chi connectivity index (χ2n) is 0. The first kappa shape index (κ1) is 76.4. The summed E-state index contributed by atoms with van der Waals surface area (Å²) >= 11 is 0. The van der Waals surface area contributed by atoms with Crippen LogP contribution in [0.5, 0.6) is 0 Å². The fourth-order valence-corrected chi connectivity index (χ4v) is 0. The van der Waals surface area contributed by atoms with Crippen LogP contribution in [-0.4, -0.2) is 23.1 Å². The van der Waals surface area contributed by atoms with Crippen molar-refractivity contribution in [1.29, 1.82) is 0 Å². The van der Waals surface area contributed by atoms with Crippen molar-refractivity contribution in [3.8, 4) is 0 Å². The van der Waals surface area contributed by atoms with Crippen LogP contribution in [0.25, 0.3) is 0 Å². The van der Waals surface area contributed by atoms with Crippen molar-refractivity contribution >= 4 is 36.5 Å². The summed E-state index contributed by atoms with van der Waals surface area (Å²) in [6.07, 6.45) is 0. The SMILES string of the molecule is [Mg+2].[O-2].[O-2].[S+2]. The maximum Gasteiger partial charge on any atom is 2.00 e.